The van der Waals surface area contributed by atoms with Gasteiger partial charge in [0.15, 0.2) is 0 Å². The molecule has 3 nitrogen and oxygen atoms in total. The quantitative estimate of drug-likeness (QED) is 0.784. The van der Waals surface area contributed by atoms with Crippen LogP contribution in [0.4, 0.5) is 11.5 Å². The molecule has 0 aliphatic carbocycles. The van der Waals surface area contributed by atoms with E-state index in [1.807, 2.05) is 36.5 Å². The summed E-state index contributed by atoms with van der Waals surface area (Å²) < 4.78 is 0. The lowest BCUT2D eigenvalue weighted by Gasteiger charge is -2.27. The number of nitrogens with zero attached hydrogens (tertiary/aromatic N) is 3. The Morgan fingerprint density at radius 2 is 1.75 bits per heavy atom. The third kappa shape index (κ3) is 2.19. The van der Waals surface area contributed by atoms with Crippen molar-refractivity contribution in [1.82, 2.24) is 9.97 Å². The van der Waals surface area contributed by atoms with Crippen LogP contribution in [-0.4, -0.2) is 16.0 Å². The number of hydrogen-bond donors (Lipinski definition) is 0. The van der Waals surface area contributed by atoms with Gasteiger partial charge in [0.25, 0.3) is 0 Å². The van der Waals surface area contributed by atoms with Crippen LogP contribution in [-0.2, 0) is 0 Å². The molecule has 0 amide bonds. The first kappa shape index (κ1) is 10.6. The first-order chi connectivity index (χ1) is 7.79. The van der Waals surface area contributed by atoms with Crippen LogP contribution in [0.2, 0.25) is 0 Å². The number of hydrogen-bond acceptors (Lipinski definition) is 3. The van der Waals surface area contributed by atoms with E-state index in [0.717, 1.165) is 11.5 Å². The number of pyridine rings is 2. The molecule has 82 valence electrons. The second-order valence-corrected chi connectivity index (χ2v) is 3.86. The van der Waals surface area contributed by atoms with Crippen LogP contribution in [0, 0.1) is 0 Å². The monoisotopic (exact) mass is 213 g/mol. The van der Waals surface area contributed by atoms with Crippen LogP contribution in [0.3, 0.4) is 0 Å². The van der Waals surface area contributed by atoms with Crippen molar-refractivity contribution in [3.63, 3.8) is 0 Å². The second-order valence-electron chi connectivity index (χ2n) is 3.86. The number of anilines is 2. The van der Waals surface area contributed by atoms with Crippen molar-refractivity contribution in [1.29, 1.82) is 0 Å². The van der Waals surface area contributed by atoms with E-state index in [-0.39, 0.29) is 0 Å². The van der Waals surface area contributed by atoms with E-state index in [1.165, 1.54) is 0 Å². The van der Waals surface area contributed by atoms with Crippen LogP contribution in [0.15, 0.2) is 48.9 Å². The molecule has 0 aliphatic heterocycles. The Morgan fingerprint density at radius 1 is 1.00 bits per heavy atom. The van der Waals surface area contributed by atoms with Crippen molar-refractivity contribution < 1.29 is 0 Å². The summed E-state index contributed by atoms with van der Waals surface area (Å²) in [6.07, 6.45) is 5.41. The van der Waals surface area contributed by atoms with Crippen molar-refractivity contribution in [2.45, 2.75) is 19.9 Å². The zero-order chi connectivity index (χ0) is 11.4. The fourth-order valence-electron chi connectivity index (χ4n) is 1.70. The van der Waals surface area contributed by atoms with Gasteiger partial charge in [0, 0.05) is 30.3 Å². The van der Waals surface area contributed by atoms with E-state index in [0.29, 0.717) is 6.04 Å². The van der Waals surface area contributed by atoms with E-state index in [1.54, 1.807) is 12.4 Å². The molecule has 0 atom stereocenters. The van der Waals surface area contributed by atoms with Crippen molar-refractivity contribution in [3.8, 4) is 0 Å². The topological polar surface area (TPSA) is 29.0 Å². The molecule has 0 N–H and O–H groups in total. The number of rotatable bonds is 3. The molecule has 0 radical (unpaired) electrons. The van der Waals surface area contributed by atoms with Gasteiger partial charge in [-0.05, 0) is 38.1 Å². The minimum atomic E-state index is 0.359. The molecule has 2 heterocycles. The molecule has 3 heteroatoms. The highest BCUT2D eigenvalue weighted by Crippen LogP contribution is 2.24. The van der Waals surface area contributed by atoms with Crippen LogP contribution >= 0.6 is 0 Å². The molecule has 0 fully saturated rings. The first-order valence-electron chi connectivity index (χ1n) is 5.39. The largest absolute Gasteiger partial charge is 0.324 e. The van der Waals surface area contributed by atoms with E-state index in [2.05, 4.69) is 28.7 Å². The minimum absolute atomic E-state index is 0.359. The van der Waals surface area contributed by atoms with Gasteiger partial charge in [-0.15, -0.1) is 0 Å². The maximum atomic E-state index is 4.38. The van der Waals surface area contributed by atoms with Gasteiger partial charge >= 0.3 is 0 Å². The summed E-state index contributed by atoms with van der Waals surface area (Å²) in [5, 5.41) is 0. The molecule has 0 saturated heterocycles. The third-order valence-corrected chi connectivity index (χ3v) is 2.35. The SMILES string of the molecule is CC(C)N(c1ccncc1)c1ccccn1. The summed E-state index contributed by atoms with van der Waals surface area (Å²) in [5.41, 5.74) is 1.11. The van der Waals surface area contributed by atoms with E-state index in [4.69, 9.17) is 0 Å². The van der Waals surface area contributed by atoms with Gasteiger partial charge in [-0.3, -0.25) is 4.98 Å². The van der Waals surface area contributed by atoms with Gasteiger partial charge in [-0.2, -0.15) is 0 Å². The fraction of sp³-hybridized carbons (Fsp3) is 0.231. The highest BCUT2D eigenvalue weighted by molar-refractivity contribution is 5.59. The Morgan fingerprint density at radius 3 is 2.31 bits per heavy atom. The summed E-state index contributed by atoms with van der Waals surface area (Å²) in [6, 6.07) is 10.3. The molecule has 16 heavy (non-hydrogen) atoms. The highest BCUT2D eigenvalue weighted by atomic mass is 15.2. The van der Waals surface area contributed by atoms with E-state index >= 15 is 0 Å². The predicted molar refractivity (Wildman–Crippen MR) is 65.7 cm³/mol. The maximum absolute atomic E-state index is 4.38. The molecule has 2 aromatic heterocycles. The van der Waals surface area contributed by atoms with Gasteiger partial charge in [-0.25, -0.2) is 4.98 Å². The smallest absolute Gasteiger partial charge is 0.133 e. The summed E-state index contributed by atoms with van der Waals surface area (Å²) in [5.74, 6) is 0.962. The molecule has 0 aromatic carbocycles. The maximum Gasteiger partial charge on any atom is 0.133 e. The van der Waals surface area contributed by atoms with Gasteiger partial charge in [0.2, 0.25) is 0 Å². The number of aromatic nitrogens is 2. The van der Waals surface area contributed by atoms with Crippen LogP contribution in [0.25, 0.3) is 0 Å². The second kappa shape index (κ2) is 4.75. The average molecular weight is 213 g/mol. The van der Waals surface area contributed by atoms with Crippen molar-refractivity contribution in [2.24, 2.45) is 0 Å². The molecule has 0 aliphatic rings. The zero-order valence-electron chi connectivity index (χ0n) is 9.54. The van der Waals surface area contributed by atoms with Gasteiger partial charge in [-0.1, -0.05) is 6.07 Å². The first-order valence-corrected chi connectivity index (χ1v) is 5.39. The van der Waals surface area contributed by atoms with Crippen LogP contribution in [0.1, 0.15) is 13.8 Å². The molecule has 0 unspecified atom stereocenters. The van der Waals surface area contributed by atoms with Crippen LogP contribution < -0.4 is 4.90 Å². The van der Waals surface area contributed by atoms with E-state index in [9.17, 15) is 0 Å². The van der Waals surface area contributed by atoms with Crippen LogP contribution in [0.5, 0.6) is 0 Å². The molecule has 0 bridgehead atoms. The van der Waals surface area contributed by atoms with Gasteiger partial charge in [0.1, 0.15) is 5.82 Å². The Bertz CT molecular complexity index is 386. The zero-order valence-corrected chi connectivity index (χ0v) is 9.54. The van der Waals surface area contributed by atoms with Gasteiger partial charge in [0.05, 0.1) is 0 Å². The predicted octanol–water partition coefficient (Wildman–Crippen LogP) is 3.02. The lowest BCUT2D eigenvalue weighted by Crippen LogP contribution is -2.26. The Balaban J connectivity index is 2.40. The standard InChI is InChI=1S/C13H15N3/c1-11(2)16(12-6-9-14-10-7-12)13-5-3-4-8-15-13/h3-11H,1-2H3. The Hall–Kier alpha value is -1.90. The molecule has 2 rings (SSSR count). The third-order valence-electron chi connectivity index (χ3n) is 2.35. The Kier molecular flexibility index (Phi) is 3.15. The lowest BCUT2D eigenvalue weighted by atomic mass is 10.2. The van der Waals surface area contributed by atoms with E-state index < -0.39 is 0 Å². The summed E-state index contributed by atoms with van der Waals surface area (Å²) in [4.78, 5) is 10.6. The molecule has 0 saturated carbocycles. The molecular weight excluding hydrogens is 198 g/mol. The van der Waals surface area contributed by atoms with Gasteiger partial charge < -0.3 is 4.90 Å². The summed E-state index contributed by atoms with van der Waals surface area (Å²) >= 11 is 0. The fourth-order valence-corrected chi connectivity index (χ4v) is 1.70. The summed E-state index contributed by atoms with van der Waals surface area (Å²) in [6.45, 7) is 4.30. The summed E-state index contributed by atoms with van der Waals surface area (Å²) in [7, 11) is 0. The normalized spacial score (nSPS) is 10.4. The lowest BCUT2D eigenvalue weighted by molar-refractivity contribution is 0.776. The Labute approximate surface area is 95.8 Å². The van der Waals surface area contributed by atoms with Crippen molar-refractivity contribution >= 4 is 11.5 Å². The molecule has 0 spiro atoms. The van der Waals surface area contributed by atoms with Crippen molar-refractivity contribution in [2.75, 3.05) is 4.90 Å². The molecule has 2 aromatic rings. The average Bonchev–Trinajstić information content (AvgIpc) is 2.31. The minimum Gasteiger partial charge on any atom is -0.324 e. The van der Waals surface area contributed by atoms with Crippen molar-refractivity contribution in [3.05, 3.63) is 48.9 Å². The highest BCUT2D eigenvalue weighted by Gasteiger charge is 2.13. The molecular formula is C13H15N3.